The molecule has 0 aromatic heterocycles. The zero-order valence-corrected chi connectivity index (χ0v) is 17.4. The minimum absolute atomic E-state index is 0.198. The summed E-state index contributed by atoms with van der Waals surface area (Å²) >= 11 is 5.43. The predicted molar refractivity (Wildman–Crippen MR) is 121 cm³/mol. The van der Waals surface area contributed by atoms with Gasteiger partial charge in [-0.25, -0.2) is 0 Å². The number of benzene rings is 2. The van der Waals surface area contributed by atoms with E-state index in [0.29, 0.717) is 11.5 Å². The van der Waals surface area contributed by atoms with Crippen LogP contribution in [0.4, 0.5) is 17.1 Å². The molecule has 0 bridgehead atoms. The van der Waals surface area contributed by atoms with Gasteiger partial charge in [-0.3, -0.25) is 4.79 Å². The van der Waals surface area contributed by atoms with E-state index in [1.165, 1.54) is 5.69 Å². The van der Waals surface area contributed by atoms with Crippen LogP contribution in [0.25, 0.3) is 0 Å². The third kappa shape index (κ3) is 5.23. The molecule has 0 unspecified atom stereocenters. The summed E-state index contributed by atoms with van der Waals surface area (Å²) in [7, 11) is 2.10. The largest absolute Gasteiger partial charge is 0.375 e. The lowest BCUT2D eigenvalue weighted by atomic mass is 10.1. The van der Waals surface area contributed by atoms with E-state index in [4.69, 9.17) is 12.2 Å². The van der Waals surface area contributed by atoms with E-state index in [1.807, 2.05) is 36.1 Å². The van der Waals surface area contributed by atoms with E-state index in [-0.39, 0.29) is 5.91 Å². The molecule has 1 saturated heterocycles. The van der Waals surface area contributed by atoms with Crippen LogP contribution >= 0.6 is 12.2 Å². The number of carbonyl (C=O) groups is 1. The summed E-state index contributed by atoms with van der Waals surface area (Å²) in [6, 6.07) is 16.4. The Bertz CT molecular complexity index is 825. The van der Waals surface area contributed by atoms with Gasteiger partial charge in [0.2, 0.25) is 5.91 Å². The van der Waals surface area contributed by atoms with E-state index in [0.717, 1.165) is 49.4 Å². The van der Waals surface area contributed by atoms with Gasteiger partial charge in [0.05, 0.1) is 0 Å². The van der Waals surface area contributed by atoms with Crippen molar-refractivity contribution in [3.05, 3.63) is 54.1 Å². The molecular formula is C22H28N4OS. The van der Waals surface area contributed by atoms with Gasteiger partial charge >= 0.3 is 0 Å². The number of nitrogens with zero attached hydrogens (tertiary/aromatic N) is 2. The number of amides is 1. The summed E-state index contributed by atoms with van der Waals surface area (Å²) in [6.07, 6.45) is 2.54. The van der Waals surface area contributed by atoms with Crippen LogP contribution in [0.15, 0.2) is 48.5 Å². The maximum atomic E-state index is 12.1. The van der Waals surface area contributed by atoms with Crippen molar-refractivity contribution in [1.29, 1.82) is 0 Å². The third-order valence-electron chi connectivity index (χ3n) is 4.98. The van der Waals surface area contributed by atoms with Crippen molar-refractivity contribution in [2.75, 3.05) is 41.8 Å². The number of rotatable bonds is 7. The van der Waals surface area contributed by atoms with Crippen molar-refractivity contribution < 1.29 is 4.79 Å². The summed E-state index contributed by atoms with van der Waals surface area (Å²) in [5.74, 6) is 0.198. The highest BCUT2D eigenvalue weighted by molar-refractivity contribution is 7.80. The number of para-hydroxylation sites is 1. The molecule has 0 saturated carbocycles. The Morgan fingerprint density at radius 3 is 2.71 bits per heavy atom. The van der Waals surface area contributed by atoms with Crippen LogP contribution in [0, 0.1) is 6.92 Å². The molecule has 5 nitrogen and oxygen atoms in total. The quantitative estimate of drug-likeness (QED) is 0.548. The van der Waals surface area contributed by atoms with Crippen molar-refractivity contribution in [2.24, 2.45) is 0 Å². The molecule has 1 fully saturated rings. The number of carbonyl (C=O) groups excluding carboxylic acids is 1. The van der Waals surface area contributed by atoms with Gasteiger partial charge in [-0.05, 0) is 61.8 Å². The highest BCUT2D eigenvalue weighted by atomic mass is 32.1. The lowest BCUT2D eigenvalue weighted by Crippen LogP contribution is -2.31. The van der Waals surface area contributed by atoms with Gasteiger partial charge in [-0.1, -0.05) is 24.3 Å². The predicted octanol–water partition coefficient (Wildman–Crippen LogP) is 3.93. The highest BCUT2D eigenvalue weighted by Crippen LogP contribution is 2.28. The molecule has 1 amide bonds. The fourth-order valence-electron chi connectivity index (χ4n) is 3.39. The summed E-state index contributed by atoms with van der Waals surface area (Å²) in [5, 5.41) is 7.10. The number of aryl methyl sites for hydroxylation is 1. The van der Waals surface area contributed by atoms with Crippen LogP contribution < -0.4 is 20.4 Å². The fraction of sp³-hybridized carbons (Fsp3) is 0.364. The Hall–Kier alpha value is -2.60. The molecule has 0 aliphatic carbocycles. The van der Waals surface area contributed by atoms with Crippen LogP contribution in [-0.4, -0.2) is 37.7 Å². The smallest absolute Gasteiger partial charge is 0.227 e. The lowest BCUT2D eigenvalue weighted by molar-refractivity contribution is -0.117. The van der Waals surface area contributed by atoms with Crippen LogP contribution in [-0.2, 0) is 4.79 Å². The Kier molecular flexibility index (Phi) is 6.87. The first kappa shape index (κ1) is 20.1. The molecule has 2 aromatic rings. The van der Waals surface area contributed by atoms with Crippen molar-refractivity contribution in [2.45, 2.75) is 26.2 Å². The maximum Gasteiger partial charge on any atom is 0.227 e. The molecule has 2 aromatic carbocycles. The zero-order chi connectivity index (χ0) is 19.9. The van der Waals surface area contributed by atoms with Gasteiger partial charge in [-0.15, -0.1) is 0 Å². The van der Waals surface area contributed by atoms with E-state index in [9.17, 15) is 4.79 Å². The molecule has 1 aliphatic heterocycles. The Morgan fingerprint density at radius 1 is 1.21 bits per heavy atom. The van der Waals surface area contributed by atoms with Crippen molar-refractivity contribution in [1.82, 2.24) is 5.32 Å². The molecular weight excluding hydrogens is 368 g/mol. The van der Waals surface area contributed by atoms with Gasteiger partial charge in [0.1, 0.15) is 0 Å². The van der Waals surface area contributed by atoms with Gasteiger partial charge in [-0.2, -0.15) is 0 Å². The summed E-state index contributed by atoms with van der Waals surface area (Å²) < 4.78 is 0. The topological polar surface area (TPSA) is 47.6 Å². The van der Waals surface area contributed by atoms with Crippen molar-refractivity contribution in [3.8, 4) is 0 Å². The normalized spacial score (nSPS) is 13.5. The van der Waals surface area contributed by atoms with Crippen LogP contribution in [0.2, 0.25) is 0 Å². The number of anilines is 3. The Labute approximate surface area is 172 Å². The molecule has 28 heavy (non-hydrogen) atoms. The zero-order valence-electron chi connectivity index (χ0n) is 16.6. The average Bonchev–Trinajstić information content (AvgIpc) is 3.13. The lowest BCUT2D eigenvalue weighted by Gasteiger charge is -2.21. The molecule has 1 aliphatic rings. The minimum atomic E-state index is 0.198. The van der Waals surface area contributed by atoms with Gasteiger partial charge < -0.3 is 20.4 Å². The minimum Gasteiger partial charge on any atom is -0.375 e. The molecule has 0 atom stereocenters. The number of hydrogen-bond donors (Lipinski definition) is 2. The van der Waals surface area contributed by atoms with Crippen LogP contribution in [0.5, 0.6) is 0 Å². The fourth-order valence-corrected chi connectivity index (χ4v) is 3.61. The molecule has 0 radical (unpaired) electrons. The maximum absolute atomic E-state index is 12.1. The van der Waals surface area contributed by atoms with Crippen LogP contribution in [0.3, 0.4) is 0 Å². The first-order valence-electron chi connectivity index (χ1n) is 9.76. The highest BCUT2D eigenvalue weighted by Gasteiger charge is 2.23. The Balaban J connectivity index is 1.46. The van der Waals surface area contributed by atoms with Gasteiger partial charge in [0.25, 0.3) is 0 Å². The second-order valence-corrected chi connectivity index (χ2v) is 7.55. The van der Waals surface area contributed by atoms with Gasteiger partial charge in [0, 0.05) is 50.2 Å². The van der Waals surface area contributed by atoms with Crippen molar-refractivity contribution in [3.63, 3.8) is 0 Å². The molecule has 2 N–H and O–H groups in total. The average molecular weight is 397 g/mol. The van der Waals surface area contributed by atoms with E-state index < -0.39 is 0 Å². The van der Waals surface area contributed by atoms with E-state index in [1.54, 1.807) is 0 Å². The molecule has 1 heterocycles. The monoisotopic (exact) mass is 396 g/mol. The van der Waals surface area contributed by atoms with E-state index >= 15 is 0 Å². The van der Waals surface area contributed by atoms with Gasteiger partial charge in [0.15, 0.2) is 5.11 Å². The summed E-state index contributed by atoms with van der Waals surface area (Å²) in [5.41, 5.74) is 4.19. The number of nitrogens with one attached hydrogen (secondary N) is 2. The number of thiocarbonyl (C=S) groups is 1. The molecule has 0 spiro atoms. The molecule has 6 heteroatoms. The second-order valence-electron chi connectivity index (χ2n) is 7.14. The third-order valence-corrected chi connectivity index (χ3v) is 5.23. The molecule has 148 valence electrons. The summed E-state index contributed by atoms with van der Waals surface area (Å²) in [6.45, 7) is 4.57. The Morgan fingerprint density at radius 2 is 2.00 bits per heavy atom. The second kappa shape index (κ2) is 9.55. The van der Waals surface area contributed by atoms with Crippen molar-refractivity contribution >= 4 is 40.3 Å². The number of hydrogen-bond acceptors (Lipinski definition) is 3. The first-order chi connectivity index (χ1) is 13.5. The molecule has 3 rings (SSSR count). The van der Waals surface area contributed by atoms with Crippen LogP contribution in [0.1, 0.15) is 24.8 Å². The SMILES string of the molecule is Cc1ccc(NC(=S)NCCCN(C)c2ccccc2)cc1N1CCCC1=O. The standard InChI is InChI=1S/C22H28N4OS/c1-17-11-12-18(16-20(17)26-15-6-10-21(26)27)24-22(28)23-13-7-14-25(2)19-8-4-3-5-9-19/h3-5,8-9,11-12,16H,6-7,10,13-15H2,1-2H3,(H2,23,24,28). The first-order valence-corrected chi connectivity index (χ1v) is 10.2. The summed E-state index contributed by atoms with van der Waals surface area (Å²) in [4.78, 5) is 16.2. The van der Waals surface area contributed by atoms with E-state index in [2.05, 4.69) is 46.8 Å².